The Morgan fingerprint density at radius 3 is 2.75 bits per heavy atom. The molecule has 3 aliphatic heterocycles. The lowest BCUT2D eigenvalue weighted by Crippen LogP contribution is -2.48. The molecule has 1 aromatic carbocycles. The quantitative estimate of drug-likeness (QED) is 0.852. The lowest BCUT2D eigenvalue weighted by molar-refractivity contribution is -0.140. The van der Waals surface area contributed by atoms with Crippen molar-refractivity contribution < 1.29 is 9.59 Å². The molecule has 0 aromatic heterocycles. The van der Waals surface area contributed by atoms with Crippen LogP contribution in [0.1, 0.15) is 36.8 Å². The van der Waals surface area contributed by atoms with Crippen molar-refractivity contribution in [1.82, 2.24) is 9.80 Å². The number of amides is 2. The molecule has 3 saturated heterocycles. The summed E-state index contributed by atoms with van der Waals surface area (Å²) in [4.78, 5) is 29.6. The van der Waals surface area contributed by atoms with E-state index < -0.39 is 0 Å². The second kappa shape index (κ2) is 6.23. The number of fused-ring (bicyclic) bond motifs is 4. The Kier molecular flexibility index (Phi) is 4.07. The Balaban J connectivity index is 1.46. The topological polar surface area (TPSA) is 40.6 Å². The van der Waals surface area contributed by atoms with Gasteiger partial charge in [0, 0.05) is 25.7 Å². The molecule has 2 bridgehead atoms. The van der Waals surface area contributed by atoms with Crippen LogP contribution in [-0.4, -0.2) is 47.3 Å². The number of carbonyl (C=O) groups is 2. The normalized spacial score (nSPS) is 26.6. The molecule has 5 rings (SSSR count). The number of nitrogens with zero attached hydrogens (tertiary/aromatic N) is 2. The molecule has 4 aliphatic rings. The number of piperidine rings is 1. The molecule has 1 saturated carbocycles. The highest BCUT2D eigenvalue weighted by Crippen LogP contribution is 2.35. The highest BCUT2D eigenvalue weighted by molar-refractivity contribution is 5.84. The van der Waals surface area contributed by atoms with Crippen LogP contribution in [0.5, 0.6) is 0 Å². The van der Waals surface area contributed by atoms with E-state index >= 15 is 0 Å². The molecule has 4 heteroatoms. The molecule has 2 amide bonds. The van der Waals surface area contributed by atoms with E-state index in [9.17, 15) is 9.59 Å². The van der Waals surface area contributed by atoms with Crippen LogP contribution in [0.3, 0.4) is 0 Å². The number of aryl methyl sites for hydroxylation is 1. The number of rotatable bonds is 4. The molecule has 2 atom stereocenters. The van der Waals surface area contributed by atoms with E-state index in [-0.39, 0.29) is 17.9 Å². The first kappa shape index (κ1) is 15.7. The van der Waals surface area contributed by atoms with E-state index in [1.807, 2.05) is 17.0 Å². The van der Waals surface area contributed by atoms with E-state index in [1.54, 1.807) is 0 Å². The SMILES string of the molecule is Cc1cccc(CC(=O)N2C[C@H]3CC[C@@H](C2)N(CC2CC2)C3=O)c1. The predicted octanol–water partition coefficient (Wildman–Crippen LogP) is 2.40. The lowest BCUT2D eigenvalue weighted by atomic mass is 9.94. The summed E-state index contributed by atoms with van der Waals surface area (Å²) in [5.41, 5.74) is 2.25. The lowest BCUT2D eigenvalue weighted by Gasteiger charge is -2.36. The maximum absolute atomic E-state index is 12.8. The van der Waals surface area contributed by atoms with Gasteiger partial charge in [-0.05, 0) is 44.1 Å². The summed E-state index contributed by atoms with van der Waals surface area (Å²) in [6.07, 6.45) is 4.96. The summed E-state index contributed by atoms with van der Waals surface area (Å²) in [5, 5.41) is 0. The fraction of sp³-hybridized carbons (Fsp3) is 0.600. The van der Waals surface area contributed by atoms with Crippen molar-refractivity contribution >= 4 is 11.8 Å². The van der Waals surface area contributed by atoms with Gasteiger partial charge in [-0.3, -0.25) is 9.59 Å². The third-order valence-corrected chi connectivity index (χ3v) is 5.74. The first-order chi connectivity index (χ1) is 11.6. The van der Waals surface area contributed by atoms with Crippen molar-refractivity contribution in [2.24, 2.45) is 11.8 Å². The summed E-state index contributed by atoms with van der Waals surface area (Å²) >= 11 is 0. The Bertz CT molecular complexity index is 653. The van der Waals surface area contributed by atoms with Gasteiger partial charge in [-0.15, -0.1) is 0 Å². The van der Waals surface area contributed by atoms with Crippen LogP contribution in [0, 0.1) is 18.8 Å². The molecular weight excluding hydrogens is 300 g/mol. The van der Waals surface area contributed by atoms with E-state index in [0.717, 1.165) is 31.5 Å². The highest BCUT2D eigenvalue weighted by atomic mass is 16.2. The minimum atomic E-state index is 0.0176. The fourth-order valence-electron chi connectivity index (χ4n) is 4.17. The minimum Gasteiger partial charge on any atom is -0.340 e. The summed E-state index contributed by atoms with van der Waals surface area (Å²) in [6, 6.07) is 8.38. The Labute approximate surface area is 143 Å². The molecule has 0 unspecified atom stereocenters. The first-order valence-electron chi connectivity index (χ1n) is 9.24. The maximum Gasteiger partial charge on any atom is 0.227 e. The third-order valence-electron chi connectivity index (χ3n) is 5.74. The molecule has 4 fully saturated rings. The van der Waals surface area contributed by atoms with Crippen molar-refractivity contribution in [3.63, 3.8) is 0 Å². The molecule has 0 N–H and O–H groups in total. The van der Waals surface area contributed by atoms with E-state index in [0.29, 0.717) is 24.8 Å². The third kappa shape index (κ3) is 3.19. The molecule has 1 aromatic rings. The fourth-order valence-corrected chi connectivity index (χ4v) is 4.17. The summed E-state index contributed by atoms with van der Waals surface area (Å²) in [7, 11) is 0. The van der Waals surface area contributed by atoms with Gasteiger partial charge in [0.15, 0.2) is 0 Å². The largest absolute Gasteiger partial charge is 0.340 e. The molecule has 0 spiro atoms. The Morgan fingerprint density at radius 1 is 1.17 bits per heavy atom. The number of hydrogen-bond acceptors (Lipinski definition) is 2. The second-order valence-corrected chi connectivity index (χ2v) is 7.83. The maximum atomic E-state index is 12.8. The van der Waals surface area contributed by atoms with Gasteiger partial charge in [0.25, 0.3) is 0 Å². The van der Waals surface area contributed by atoms with Gasteiger partial charge in [0.05, 0.1) is 12.3 Å². The summed E-state index contributed by atoms with van der Waals surface area (Å²) in [6.45, 7) is 4.30. The number of benzene rings is 1. The Hall–Kier alpha value is -1.84. The van der Waals surface area contributed by atoms with Crippen LogP contribution in [0.4, 0.5) is 0 Å². The van der Waals surface area contributed by atoms with Gasteiger partial charge in [0.1, 0.15) is 0 Å². The first-order valence-corrected chi connectivity index (χ1v) is 9.24. The molecule has 4 nitrogen and oxygen atoms in total. The van der Waals surface area contributed by atoms with Crippen LogP contribution >= 0.6 is 0 Å². The van der Waals surface area contributed by atoms with Gasteiger partial charge in [-0.2, -0.15) is 0 Å². The van der Waals surface area contributed by atoms with Crippen LogP contribution in [0.15, 0.2) is 24.3 Å². The van der Waals surface area contributed by atoms with Crippen molar-refractivity contribution in [1.29, 1.82) is 0 Å². The van der Waals surface area contributed by atoms with E-state index in [1.165, 1.54) is 18.4 Å². The molecule has 24 heavy (non-hydrogen) atoms. The monoisotopic (exact) mass is 326 g/mol. The molecule has 1 aliphatic carbocycles. The minimum absolute atomic E-state index is 0.0176. The van der Waals surface area contributed by atoms with E-state index in [4.69, 9.17) is 0 Å². The zero-order valence-electron chi connectivity index (χ0n) is 14.4. The molecule has 3 heterocycles. The average Bonchev–Trinajstić information content (AvgIpc) is 3.38. The molecule has 0 radical (unpaired) electrons. The summed E-state index contributed by atoms with van der Waals surface area (Å²) < 4.78 is 0. The number of hydrogen-bond donors (Lipinski definition) is 0. The molecule has 128 valence electrons. The predicted molar refractivity (Wildman–Crippen MR) is 92.4 cm³/mol. The van der Waals surface area contributed by atoms with Crippen LogP contribution in [-0.2, 0) is 16.0 Å². The standard InChI is InChI=1S/C20H26N2O2/c1-14-3-2-4-16(9-14)10-19(23)21-12-17-7-8-18(13-21)22(20(17)24)11-15-5-6-15/h2-4,9,15,17-18H,5-8,10-13H2,1H3/t17-,18+/m1/s1. The average molecular weight is 326 g/mol. The van der Waals surface area contributed by atoms with Crippen molar-refractivity contribution in [2.75, 3.05) is 19.6 Å². The van der Waals surface area contributed by atoms with Gasteiger partial charge < -0.3 is 9.80 Å². The molecular formula is C20H26N2O2. The summed E-state index contributed by atoms with van der Waals surface area (Å²) in [5.74, 6) is 1.19. The zero-order chi connectivity index (χ0) is 16.7. The van der Waals surface area contributed by atoms with E-state index in [2.05, 4.69) is 24.0 Å². The van der Waals surface area contributed by atoms with Gasteiger partial charge in [-0.25, -0.2) is 0 Å². The van der Waals surface area contributed by atoms with Crippen LogP contribution in [0.2, 0.25) is 0 Å². The second-order valence-electron chi connectivity index (χ2n) is 7.83. The van der Waals surface area contributed by atoms with Crippen molar-refractivity contribution in [3.05, 3.63) is 35.4 Å². The Morgan fingerprint density at radius 2 is 2.00 bits per heavy atom. The van der Waals surface area contributed by atoms with Crippen LogP contribution in [0.25, 0.3) is 0 Å². The van der Waals surface area contributed by atoms with Crippen LogP contribution < -0.4 is 0 Å². The number of carbonyl (C=O) groups excluding carboxylic acids is 2. The van der Waals surface area contributed by atoms with Crippen molar-refractivity contribution in [3.8, 4) is 0 Å². The highest BCUT2D eigenvalue weighted by Gasteiger charge is 2.43. The zero-order valence-corrected chi connectivity index (χ0v) is 14.4. The van der Waals surface area contributed by atoms with Gasteiger partial charge >= 0.3 is 0 Å². The smallest absolute Gasteiger partial charge is 0.227 e. The van der Waals surface area contributed by atoms with Crippen molar-refractivity contribution in [2.45, 2.75) is 45.1 Å². The van der Waals surface area contributed by atoms with Gasteiger partial charge in [-0.1, -0.05) is 29.8 Å². The van der Waals surface area contributed by atoms with Gasteiger partial charge in [0.2, 0.25) is 11.8 Å².